The molecule has 0 unspecified atom stereocenters. The van der Waals surface area contributed by atoms with Gasteiger partial charge in [0.2, 0.25) is 10.0 Å². The fourth-order valence-corrected chi connectivity index (χ4v) is 3.96. The van der Waals surface area contributed by atoms with Crippen LogP contribution in [0.25, 0.3) is 0 Å². The molecule has 1 aromatic carbocycles. The fraction of sp³-hybridized carbons (Fsp3) is 0.500. The molecule has 0 amide bonds. The predicted molar refractivity (Wildman–Crippen MR) is 75.1 cm³/mol. The van der Waals surface area contributed by atoms with Gasteiger partial charge in [-0.15, -0.1) is 0 Å². The van der Waals surface area contributed by atoms with E-state index >= 15 is 0 Å². The summed E-state index contributed by atoms with van der Waals surface area (Å²) in [5.41, 5.74) is 0.0767. The van der Waals surface area contributed by atoms with Crippen molar-refractivity contribution in [1.29, 1.82) is 0 Å². The molecule has 1 aromatic rings. The molecule has 0 bridgehead atoms. The van der Waals surface area contributed by atoms with E-state index in [9.17, 15) is 13.2 Å². The lowest BCUT2D eigenvalue weighted by Gasteiger charge is -2.20. The summed E-state index contributed by atoms with van der Waals surface area (Å²) in [6.45, 7) is 1.89. The Hall–Kier alpha value is -1.40. The molecule has 110 valence electrons. The first-order valence-corrected chi connectivity index (χ1v) is 8.24. The van der Waals surface area contributed by atoms with Crippen molar-refractivity contribution < 1.29 is 18.3 Å². The zero-order valence-corrected chi connectivity index (χ0v) is 12.2. The third-order valence-electron chi connectivity index (χ3n) is 3.86. The van der Waals surface area contributed by atoms with Gasteiger partial charge < -0.3 is 5.11 Å². The highest BCUT2D eigenvalue weighted by molar-refractivity contribution is 7.89. The minimum absolute atomic E-state index is 0.0767. The maximum atomic E-state index is 12.2. The molecule has 0 aliphatic heterocycles. The lowest BCUT2D eigenvalue weighted by atomic mass is 10.0. The molecular weight excluding hydrogens is 278 g/mol. The smallest absolute Gasteiger partial charge is 0.335 e. The van der Waals surface area contributed by atoms with Gasteiger partial charge in [0.1, 0.15) is 0 Å². The summed E-state index contributed by atoms with van der Waals surface area (Å²) in [4.78, 5) is 10.9. The van der Waals surface area contributed by atoms with Crippen LogP contribution in [0.15, 0.2) is 29.2 Å². The standard InChI is InChI=1S/C14H19NO4S/c1-10(11-4-2-3-5-11)15-20(18,19)13-8-6-12(7-9-13)14(16)17/h6-11,15H,2-5H2,1H3,(H,16,17)/t10-/m1/s1. The highest BCUT2D eigenvalue weighted by Gasteiger charge is 2.26. The Bertz CT molecular complexity index is 574. The van der Waals surface area contributed by atoms with Gasteiger partial charge in [-0.05, 0) is 49.9 Å². The van der Waals surface area contributed by atoms with Crippen LogP contribution < -0.4 is 4.72 Å². The number of sulfonamides is 1. The van der Waals surface area contributed by atoms with Crippen LogP contribution in [-0.4, -0.2) is 25.5 Å². The average molecular weight is 297 g/mol. The van der Waals surface area contributed by atoms with E-state index in [2.05, 4.69) is 4.72 Å². The van der Waals surface area contributed by atoms with Crippen LogP contribution in [0.1, 0.15) is 43.0 Å². The van der Waals surface area contributed by atoms with Gasteiger partial charge in [0.25, 0.3) is 0 Å². The summed E-state index contributed by atoms with van der Waals surface area (Å²) < 4.78 is 27.1. The zero-order chi connectivity index (χ0) is 14.8. The number of rotatable bonds is 5. The van der Waals surface area contributed by atoms with Gasteiger partial charge in [-0.25, -0.2) is 17.9 Å². The molecule has 2 rings (SSSR count). The van der Waals surface area contributed by atoms with E-state index in [1.54, 1.807) is 0 Å². The second-order valence-corrected chi connectivity index (χ2v) is 7.00. The van der Waals surface area contributed by atoms with E-state index in [0.29, 0.717) is 5.92 Å². The minimum Gasteiger partial charge on any atom is -0.478 e. The molecule has 5 nitrogen and oxygen atoms in total. The molecule has 0 radical (unpaired) electrons. The highest BCUT2D eigenvalue weighted by Crippen LogP contribution is 2.28. The second-order valence-electron chi connectivity index (χ2n) is 5.28. The number of hydrogen-bond donors (Lipinski definition) is 2. The van der Waals surface area contributed by atoms with Gasteiger partial charge in [-0.3, -0.25) is 0 Å². The van der Waals surface area contributed by atoms with Crippen molar-refractivity contribution in [3.63, 3.8) is 0 Å². The lowest BCUT2D eigenvalue weighted by Crippen LogP contribution is -2.37. The second kappa shape index (κ2) is 5.93. The summed E-state index contributed by atoms with van der Waals surface area (Å²) in [5, 5.41) is 8.80. The van der Waals surface area contributed by atoms with Gasteiger partial charge >= 0.3 is 5.97 Å². The van der Waals surface area contributed by atoms with Gasteiger partial charge in [0.05, 0.1) is 10.5 Å². The number of carboxylic acids is 1. The minimum atomic E-state index is -3.58. The van der Waals surface area contributed by atoms with Crippen molar-refractivity contribution >= 4 is 16.0 Å². The Labute approximate surface area is 119 Å². The largest absolute Gasteiger partial charge is 0.478 e. The number of aromatic carboxylic acids is 1. The van der Waals surface area contributed by atoms with Gasteiger partial charge in [0, 0.05) is 6.04 Å². The Kier molecular flexibility index (Phi) is 4.45. The molecule has 0 aromatic heterocycles. The van der Waals surface area contributed by atoms with Crippen LogP contribution in [0, 0.1) is 5.92 Å². The number of benzene rings is 1. The first-order valence-electron chi connectivity index (χ1n) is 6.76. The topological polar surface area (TPSA) is 83.5 Å². The molecule has 0 heterocycles. The molecule has 0 spiro atoms. The molecule has 6 heteroatoms. The van der Waals surface area contributed by atoms with Crippen LogP contribution in [0.2, 0.25) is 0 Å². The summed E-state index contributed by atoms with van der Waals surface area (Å²) in [5.74, 6) is -0.677. The van der Waals surface area contributed by atoms with Crippen LogP contribution >= 0.6 is 0 Å². The maximum absolute atomic E-state index is 12.2. The third kappa shape index (κ3) is 3.37. The predicted octanol–water partition coefficient (Wildman–Crippen LogP) is 2.24. The van der Waals surface area contributed by atoms with E-state index in [1.807, 2.05) is 6.92 Å². The first-order chi connectivity index (χ1) is 9.40. The number of hydrogen-bond acceptors (Lipinski definition) is 3. The Morgan fingerprint density at radius 1 is 1.25 bits per heavy atom. The molecule has 1 aliphatic carbocycles. The maximum Gasteiger partial charge on any atom is 0.335 e. The number of carboxylic acid groups (broad SMARTS) is 1. The van der Waals surface area contributed by atoms with Crippen molar-refractivity contribution in [3.8, 4) is 0 Å². The molecule has 1 saturated carbocycles. The Balaban J connectivity index is 2.11. The molecule has 0 saturated heterocycles. The average Bonchev–Trinajstić information content (AvgIpc) is 2.92. The van der Waals surface area contributed by atoms with Crippen molar-refractivity contribution in [2.24, 2.45) is 5.92 Å². The molecule has 2 N–H and O–H groups in total. The van der Waals surface area contributed by atoms with Crippen molar-refractivity contribution in [2.75, 3.05) is 0 Å². The van der Waals surface area contributed by atoms with Crippen LogP contribution in [0.5, 0.6) is 0 Å². The van der Waals surface area contributed by atoms with E-state index in [0.717, 1.165) is 25.7 Å². The van der Waals surface area contributed by atoms with Gasteiger partial charge in [0.15, 0.2) is 0 Å². The fourth-order valence-electron chi connectivity index (χ4n) is 2.64. The number of carbonyl (C=O) groups is 1. The molecular formula is C14H19NO4S. The van der Waals surface area contributed by atoms with Crippen LogP contribution in [0.4, 0.5) is 0 Å². The molecule has 1 atom stereocenters. The Morgan fingerprint density at radius 3 is 2.30 bits per heavy atom. The molecule has 1 fully saturated rings. The van der Waals surface area contributed by atoms with Crippen molar-refractivity contribution in [1.82, 2.24) is 4.72 Å². The van der Waals surface area contributed by atoms with E-state index in [-0.39, 0.29) is 16.5 Å². The van der Waals surface area contributed by atoms with E-state index < -0.39 is 16.0 Å². The zero-order valence-electron chi connectivity index (χ0n) is 11.4. The van der Waals surface area contributed by atoms with Crippen molar-refractivity contribution in [3.05, 3.63) is 29.8 Å². The molecule has 20 heavy (non-hydrogen) atoms. The summed E-state index contributed by atoms with van der Waals surface area (Å²) in [7, 11) is -3.58. The molecule has 1 aliphatic rings. The lowest BCUT2D eigenvalue weighted by molar-refractivity contribution is 0.0696. The quantitative estimate of drug-likeness (QED) is 0.873. The number of nitrogens with one attached hydrogen (secondary N) is 1. The van der Waals surface area contributed by atoms with Crippen LogP contribution in [-0.2, 0) is 10.0 Å². The first kappa shape index (κ1) is 15.0. The Morgan fingerprint density at radius 2 is 1.80 bits per heavy atom. The summed E-state index contributed by atoms with van der Waals surface area (Å²) in [6, 6.07) is 5.16. The normalized spacial score (nSPS) is 18.1. The summed E-state index contributed by atoms with van der Waals surface area (Å²) in [6.07, 6.45) is 4.43. The van der Waals surface area contributed by atoms with Gasteiger partial charge in [-0.2, -0.15) is 0 Å². The monoisotopic (exact) mass is 297 g/mol. The highest BCUT2D eigenvalue weighted by atomic mass is 32.2. The third-order valence-corrected chi connectivity index (χ3v) is 5.43. The SMILES string of the molecule is C[C@@H](NS(=O)(=O)c1ccc(C(=O)O)cc1)C1CCCC1. The summed E-state index contributed by atoms with van der Waals surface area (Å²) >= 11 is 0. The van der Waals surface area contributed by atoms with E-state index in [4.69, 9.17) is 5.11 Å². The van der Waals surface area contributed by atoms with Crippen molar-refractivity contribution in [2.45, 2.75) is 43.5 Å². The van der Waals surface area contributed by atoms with Gasteiger partial charge in [-0.1, -0.05) is 12.8 Å². The van der Waals surface area contributed by atoms with Crippen LogP contribution in [0.3, 0.4) is 0 Å². The van der Waals surface area contributed by atoms with E-state index in [1.165, 1.54) is 24.3 Å².